The van der Waals surface area contributed by atoms with Crippen molar-refractivity contribution in [2.75, 3.05) is 0 Å². The molecule has 1 aromatic carbocycles. The van der Waals surface area contributed by atoms with Crippen LogP contribution in [-0.2, 0) is 15.6 Å². The Bertz CT molecular complexity index is 356. The number of aldehydes is 1. The summed E-state index contributed by atoms with van der Waals surface area (Å²) in [6.45, 7) is 10.4. The average molecular weight is 204 g/mol. The number of benzene rings is 1. The minimum Gasteiger partial charge on any atom is -0.302 e. The molecule has 0 heterocycles. The predicted octanol–water partition coefficient (Wildman–Crippen LogP) is 3.46. The van der Waals surface area contributed by atoms with Crippen molar-refractivity contribution in [3.8, 4) is 0 Å². The summed E-state index contributed by atoms with van der Waals surface area (Å²) in [6.07, 6.45) is 1.01. The molecule has 0 atom stereocenters. The molecule has 15 heavy (non-hydrogen) atoms. The fourth-order valence-corrected chi connectivity index (χ4v) is 1.45. The molecule has 0 saturated heterocycles. The van der Waals surface area contributed by atoms with Gasteiger partial charge >= 0.3 is 0 Å². The van der Waals surface area contributed by atoms with Gasteiger partial charge in [-0.3, -0.25) is 0 Å². The SMILES string of the molecule is CC(C)(C)c1cccc(C(C)(C)C=O)c1. The maximum absolute atomic E-state index is 11.0. The number of rotatable bonds is 2. The summed E-state index contributed by atoms with van der Waals surface area (Å²) < 4.78 is 0. The Morgan fingerprint density at radius 3 is 2.00 bits per heavy atom. The molecule has 0 spiro atoms. The molecule has 0 aliphatic carbocycles. The zero-order valence-corrected chi connectivity index (χ0v) is 10.3. The lowest BCUT2D eigenvalue weighted by molar-refractivity contribution is -0.111. The third-order valence-corrected chi connectivity index (χ3v) is 2.77. The van der Waals surface area contributed by atoms with E-state index in [1.807, 2.05) is 26.0 Å². The molecular weight excluding hydrogens is 184 g/mol. The first-order chi connectivity index (χ1) is 6.77. The standard InChI is InChI=1S/C14H20O/c1-13(2,3)11-7-6-8-12(9-11)14(4,5)10-15/h6-10H,1-5H3. The lowest BCUT2D eigenvalue weighted by atomic mass is 9.80. The summed E-state index contributed by atoms with van der Waals surface area (Å²) in [7, 11) is 0. The van der Waals surface area contributed by atoms with E-state index < -0.39 is 0 Å². The monoisotopic (exact) mass is 204 g/mol. The second-order valence-electron chi connectivity index (χ2n) is 5.67. The summed E-state index contributed by atoms with van der Waals surface area (Å²) in [4.78, 5) is 11.0. The molecule has 82 valence electrons. The lowest BCUT2D eigenvalue weighted by Crippen LogP contribution is -2.20. The van der Waals surface area contributed by atoms with Gasteiger partial charge in [-0.2, -0.15) is 0 Å². The second kappa shape index (κ2) is 3.80. The summed E-state index contributed by atoms with van der Waals surface area (Å²) in [5.41, 5.74) is 2.11. The summed E-state index contributed by atoms with van der Waals surface area (Å²) >= 11 is 0. The van der Waals surface area contributed by atoms with Crippen molar-refractivity contribution in [1.82, 2.24) is 0 Å². The van der Waals surface area contributed by atoms with Gasteiger partial charge in [0.1, 0.15) is 6.29 Å². The lowest BCUT2D eigenvalue weighted by Gasteiger charge is -2.23. The molecule has 1 heteroatoms. The zero-order chi connectivity index (χ0) is 11.7. The first-order valence-electron chi connectivity index (χ1n) is 5.35. The Balaban J connectivity index is 3.20. The van der Waals surface area contributed by atoms with Crippen LogP contribution in [0.15, 0.2) is 24.3 Å². The smallest absolute Gasteiger partial charge is 0.129 e. The maximum atomic E-state index is 11.0. The highest BCUT2D eigenvalue weighted by Gasteiger charge is 2.21. The first kappa shape index (κ1) is 12.0. The van der Waals surface area contributed by atoms with Gasteiger partial charge in [-0.15, -0.1) is 0 Å². The van der Waals surface area contributed by atoms with Gasteiger partial charge in [-0.1, -0.05) is 45.0 Å². The van der Waals surface area contributed by atoms with E-state index in [0.29, 0.717) is 0 Å². The summed E-state index contributed by atoms with van der Waals surface area (Å²) in [5.74, 6) is 0. The minimum atomic E-state index is -0.388. The van der Waals surface area contributed by atoms with Crippen LogP contribution < -0.4 is 0 Å². The van der Waals surface area contributed by atoms with Crippen LogP contribution >= 0.6 is 0 Å². The number of hydrogen-bond donors (Lipinski definition) is 0. The average Bonchev–Trinajstić information content (AvgIpc) is 2.17. The second-order valence-corrected chi connectivity index (χ2v) is 5.67. The molecule has 0 aliphatic heterocycles. The van der Waals surface area contributed by atoms with Crippen LogP contribution in [0, 0.1) is 0 Å². The number of carbonyl (C=O) groups is 1. The molecule has 0 aliphatic rings. The molecule has 0 amide bonds. The van der Waals surface area contributed by atoms with Gasteiger partial charge in [0, 0.05) is 5.41 Å². The van der Waals surface area contributed by atoms with Gasteiger partial charge in [0.05, 0.1) is 0 Å². The molecule has 1 nitrogen and oxygen atoms in total. The predicted molar refractivity (Wildman–Crippen MR) is 64.2 cm³/mol. The largest absolute Gasteiger partial charge is 0.302 e. The van der Waals surface area contributed by atoms with Crippen LogP contribution in [0.5, 0.6) is 0 Å². The fourth-order valence-electron chi connectivity index (χ4n) is 1.45. The molecule has 0 aromatic heterocycles. The summed E-state index contributed by atoms with van der Waals surface area (Å²) in [5, 5.41) is 0. The minimum absolute atomic E-state index is 0.134. The van der Waals surface area contributed by atoms with Crippen LogP contribution in [0.2, 0.25) is 0 Å². The van der Waals surface area contributed by atoms with Crippen molar-refractivity contribution in [1.29, 1.82) is 0 Å². The fraction of sp³-hybridized carbons (Fsp3) is 0.500. The van der Waals surface area contributed by atoms with Crippen molar-refractivity contribution in [3.05, 3.63) is 35.4 Å². The molecule has 1 aromatic rings. The van der Waals surface area contributed by atoms with Gasteiger partial charge in [-0.25, -0.2) is 0 Å². The highest BCUT2D eigenvalue weighted by atomic mass is 16.1. The van der Waals surface area contributed by atoms with Gasteiger partial charge in [-0.05, 0) is 30.4 Å². The van der Waals surface area contributed by atoms with Crippen molar-refractivity contribution < 1.29 is 4.79 Å². The molecule has 0 saturated carbocycles. The van der Waals surface area contributed by atoms with E-state index in [2.05, 4.69) is 32.9 Å². The zero-order valence-electron chi connectivity index (χ0n) is 10.3. The van der Waals surface area contributed by atoms with E-state index in [1.54, 1.807) is 0 Å². The van der Waals surface area contributed by atoms with Crippen LogP contribution in [0.4, 0.5) is 0 Å². The Labute approximate surface area is 92.5 Å². The molecule has 0 radical (unpaired) electrons. The van der Waals surface area contributed by atoms with Crippen molar-refractivity contribution in [2.45, 2.75) is 45.4 Å². The normalized spacial score (nSPS) is 12.6. The quantitative estimate of drug-likeness (QED) is 0.674. The Morgan fingerprint density at radius 1 is 1.00 bits per heavy atom. The van der Waals surface area contributed by atoms with E-state index in [1.165, 1.54) is 5.56 Å². The van der Waals surface area contributed by atoms with Crippen LogP contribution in [0.3, 0.4) is 0 Å². The summed E-state index contributed by atoms with van der Waals surface area (Å²) in [6, 6.07) is 8.30. The molecule has 0 unspecified atom stereocenters. The first-order valence-corrected chi connectivity index (χ1v) is 5.35. The van der Waals surface area contributed by atoms with E-state index in [-0.39, 0.29) is 10.8 Å². The molecule has 1 rings (SSSR count). The van der Waals surface area contributed by atoms with Crippen molar-refractivity contribution in [2.24, 2.45) is 0 Å². The Morgan fingerprint density at radius 2 is 1.53 bits per heavy atom. The third-order valence-electron chi connectivity index (χ3n) is 2.77. The molecule has 0 N–H and O–H groups in total. The van der Waals surface area contributed by atoms with Gasteiger partial charge in [0.25, 0.3) is 0 Å². The Hall–Kier alpha value is -1.11. The van der Waals surface area contributed by atoms with E-state index in [4.69, 9.17) is 0 Å². The number of hydrogen-bond acceptors (Lipinski definition) is 1. The maximum Gasteiger partial charge on any atom is 0.129 e. The highest BCUT2D eigenvalue weighted by Crippen LogP contribution is 2.27. The Kier molecular flexibility index (Phi) is 3.03. The van der Waals surface area contributed by atoms with Crippen LogP contribution in [0.1, 0.15) is 45.7 Å². The van der Waals surface area contributed by atoms with Crippen LogP contribution in [0.25, 0.3) is 0 Å². The van der Waals surface area contributed by atoms with Crippen molar-refractivity contribution in [3.63, 3.8) is 0 Å². The molecule has 0 fully saturated rings. The van der Waals surface area contributed by atoms with E-state index in [9.17, 15) is 4.79 Å². The third kappa shape index (κ3) is 2.68. The van der Waals surface area contributed by atoms with E-state index in [0.717, 1.165) is 11.8 Å². The highest BCUT2D eigenvalue weighted by molar-refractivity contribution is 5.67. The van der Waals surface area contributed by atoms with Gasteiger partial charge in [0.15, 0.2) is 0 Å². The topological polar surface area (TPSA) is 17.1 Å². The van der Waals surface area contributed by atoms with Crippen molar-refractivity contribution >= 4 is 6.29 Å². The van der Waals surface area contributed by atoms with Gasteiger partial charge in [0.2, 0.25) is 0 Å². The number of carbonyl (C=O) groups excluding carboxylic acids is 1. The van der Waals surface area contributed by atoms with Crippen LogP contribution in [-0.4, -0.2) is 6.29 Å². The molecule has 0 bridgehead atoms. The van der Waals surface area contributed by atoms with E-state index >= 15 is 0 Å². The molecular formula is C14H20O. The van der Waals surface area contributed by atoms with Gasteiger partial charge < -0.3 is 4.79 Å².